The molecule has 0 bridgehead atoms. The number of carbonyl (C=O) groups excluding carboxylic acids is 1. The highest BCUT2D eigenvalue weighted by Crippen LogP contribution is 2.25. The van der Waals surface area contributed by atoms with E-state index in [1.165, 1.54) is 12.0 Å². The van der Waals surface area contributed by atoms with Crippen LogP contribution in [0.1, 0.15) is 18.4 Å². The number of ether oxygens (including phenoxy) is 1. The summed E-state index contributed by atoms with van der Waals surface area (Å²) in [4.78, 5) is 19.8. The summed E-state index contributed by atoms with van der Waals surface area (Å²) in [6.45, 7) is 10.1. The maximum Gasteiger partial charge on any atom is 0.244 e. The molecule has 5 heteroatoms. The van der Waals surface area contributed by atoms with Crippen LogP contribution in [0.3, 0.4) is 0 Å². The molecular weight excluding hydrogens is 314 g/mol. The van der Waals surface area contributed by atoms with Crippen LogP contribution in [0.25, 0.3) is 0 Å². The van der Waals surface area contributed by atoms with Gasteiger partial charge < -0.3 is 14.5 Å². The van der Waals surface area contributed by atoms with Crippen LogP contribution in [-0.2, 0) is 9.53 Å². The second-order valence-corrected chi connectivity index (χ2v) is 7.70. The predicted octanol–water partition coefficient (Wildman–Crippen LogP) is 1.75. The third-order valence-electron chi connectivity index (χ3n) is 5.91. The molecule has 1 amide bonds. The van der Waals surface area contributed by atoms with Crippen molar-refractivity contribution in [2.75, 3.05) is 57.4 Å². The number of anilines is 1. The number of nitrogens with zero attached hydrogens (tertiary/aromatic N) is 3. The molecule has 2 atom stereocenters. The lowest BCUT2D eigenvalue weighted by Gasteiger charge is -2.38. The molecule has 0 saturated carbocycles. The molecule has 0 aromatic heterocycles. The number of piperazine rings is 1. The van der Waals surface area contributed by atoms with E-state index in [0.29, 0.717) is 5.92 Å². The first-order chi connectivity index (χ1) is 12.2. The first kappa shape index (κ1) is 17.0. The minimum atomic E-state index is 0.0678. The predicted molar refractivity (Wildman–Crippen MR) is 98.9 cm³/mol. The van der Waals surface area contributed by atoms with Crippen LogP contribution < -0.4 is 4.90 Å². The number of hydrogen-bond donors (Lipinski definition) is 0. The van der Waals surface area contributed by atoms with Gasteiger partial charge >= 0.3 is 0 Å². The first-order valence-electron chi connectivity index (χ1n) is 9.63. The maximum absolute atomic E-state index is 12.9. The van der Waals surface area contributed by atoms with Crippen molar-refractivity contribution in [2.24, 2.45) is 5.92 Å². The molecule has 3 fully saturated rings. The standard InChI is InChI=1S/C20H29N3O2/c1-16-2-4-18(5-3-16)23-8-6-19(20(23)24)22-11-9-21(10-12-22)14-17-7-13-25-15-17/h2-5,17,19H,6-15H2,1H3/t17-,19-/m1/s1. The minimum absolute atomic E-state index is 0.0678. The molecule has 3 saturated heterocycles. The zero-order valence-electron chi connectivity index (χ0n) is 15.2. The monoisotopic (exact) mass is 343 g/mol. The highest BCUT2D eigenvalue weighted by atomic mass is 16.5. The average Bonchev–Trinajstić information content (AvgIpc) is 3.26. The lowest BCUT2D eigenvalue weighted by atomic mass is 10.1. The van der Waals surface area contributed by atoms with Crippen molar-refractivity contribution >= 4 is 11.6 Å². The van der Waals surface area contributed by atoms with Gasteiger partial charge in [0.15, 0.2) is 0 Å². The number of benzene rings is 1. The van der Waals surface area contributed by atoms with Gasteiger partial charge in [-0.3, -0.25) is 9.69 Å². The topological polar surface area (TPSA) is 36.0 Å². The molecule has 3 heterocycles. The molecule has 4 rings (SSSR count). The van der Waals surface area contributed by atoms with E-state index in [-0.39, 0.29) is 11.9 Å². The fourth-order valence-corrected chi connectivity index (χ4v) is 4.33. The number of aryl methyl sites for hydroxylation is 1. The van der Waals surface area contributed by atoms with Gasteiger partial charge in [-0.05, 0) is 37.8 Å². The Morgan fingerprint density at radius 2 is 1.80 bits per heavy atom. The summed E-state index contributed by atoms with van der Waals surface area (Å²) in [5, 5.41) is 0. The highest BCUT2D eigenvalue weighted by molar-refractivity contribution is 5.99. The molecule has 136 valence electrons. The smallest absolute Gasteiger partial charge is 0.244 e. The number of amides is 1. The molecule has 3 aliphatic rings. The summed E-state index contributed by atoms with van der Waals surface area (Å²) in [6, 6.07) is 8.37. The molecule has 1 aromatic rings. The summed E-state index contributed by atoms with van der Waals surface area (Å²) >= 11 is 0. The molecule has 0 spiro atoms. The molecule has 0 aliphatic carbocycles. The van der Waals surface area contributed by atoms with Gasteiger partial charge in [0.05, 0.1) is 12.6 Å². The molecule has 1 aromatic carbocycles. The Morgan fingerprint density at radius 3 is 2.48 bits per heavy atom. The highest BCUT2D eigenvalue weighted by Gasteiger charge is 2.37. The van der Waals surface area contributed by atoms with Gasteiger partial charge in [0.2, 0.25) is 5.91 Å². The summed E-state index contributed by atoms with van der Waals surface area (Å²) in [7, 11) is 0. The lowest BCUT2D eigenvalue weighted by Crippen LogP contribution is -2.53. The molecule has 3 aliphatic heterocycles. The van der Waals surface area contributed by atoms with Crippen LogP contribution in [0, 0.1) is 12.8 Å². The van der Waals surface area contributed by atoms with Crippen molar-refractivity contribution in [1.82, 2.24) is 9.80 Å². The molecule has 0 radical (unpaired) electrons. The Hall–Kier alpha value is -1.43. The van der Waals surface area contributed by atoms with E-state index in [2.05, 4.69) is 41.0 Å². The normalized spacial score (nSPS) is 28.8. The van der Waals surface area contributed by atoms with Crippen molar-refractivity contribution in [3.8, 4) is 0 Å². The molecule has 5 nitrogen and oxygen atoms in total. The SMILES string of the molecule is Cc1ccc(N2CC[C@@H](N3CCN(C[C@H]4CCOC4)CC3)C2=O)cc1. The van der Waals surface area contributed by atoms with E-state index in [1.54, 1.807) is 0 Å². The Bertz CT molecular complexity index is 589. The van der Waals surface area contributed by atoms with E-state index < -0.39 is 0 Å². The third kappa shape index (κ3) is 3.73. The maximum atomic E-state index is 12.9. The van der Waals surface area contributed by atoms with Crippen molar-refractivity contribution in [3.63, 3.8) is 0 Å². The fourth-order valence-electron chi connectivity index (χ4n) is 4.33. The van der Waals surface area contributed by atoms with Gasteiger partial charge in [0.25, 0.3) is 0 Å². The zero-order chi connectivity index (χ0) is 17.2. The Morgan fingerprint density at radius 1 is 1.04 bits per heavy atom. The fraction of sp³-hybridized carbons (Fsp3) is 0.650. The van der Waals surface area contributed by atoms with Gasteiger partial charge in [-0.1, -0.05) is 17.7 Å². The minimum Gasteiger partial charge on any atom is -0.381 e. The van der Waals surface area contributed by atoms with Gasteiger partial charge in [-0.2, -0.15) is 0 Å². The first-order valence-corrected chi connectivity index (χ1v) is 9.63. The van der Waals surface area contributed by atoms with E-state index in [4.69, 9.17) is 4.74 Å². The Labute approximate surface area is 150 Å². The van der Waals surface area contributed by atoms with E-state index in [1.807, 2.05) is 4.90 Å². The van der Waals surface area contributed by atoms with E-state index in [0.717, 1.165) is 64.6 Å². The summed E-state index contributed by atoms with van der Waals surface area (Å²) in [5.41, 5.74) is 2.27. The molecule has 0 N–H and O–H groups in total. The van der Waals surface area contributed by atoms with Crippen LogP contribution in [0.4, 0.5) is 5.69 Å². The van der Waals surface area contributed by atoms with Crippen LogP contribution in [-0.4, -0.2) is 74.2 Å². The van der Waals surface area contributed by atoms with E-state index >= 15 is 0 Å². The van der Waals surface area contributed by atoms with Crippen molar-refractivity contribution < 1.29 is 9.53 Å². The second kappa shape index (κ2) is 7.44. The van der Waals surface area contributed by atoms with Gasteiger partial charge in [-0.25, -0.2) is 0 Å². The Balaban J connectivity index is 1.31. The van der Waals surface area contributed by atoms with Crippen molar-refractivity contribution in [2.45, 2.75) is 25.8 Å². The quantitative estimate of drug-likeness (QED) is 0.835. The zero-order valence-corrected chi connectivity index (χ0v) is 15.2. The summed E-state index contributed by atoms with van der Waals surface area (Å²) < 4.78 is 5.49. The lowest BCUT2D eigenvalue weighted by molar-refractivity contribution is -0.122. The summed E-state index contributed by atoms with van der Waals surface area (Å²) in [5.74, 6) is 0.984. The summed E-state index contributed by atoms with van der Waals surface area (Å²) in [6.07, 6.45) is 2.15. The number of hydrogen-bond acceptors (Lipinski definition) is 4. The van der Waals surface area contributed by atoms with Gasteiger partial charge in [-0.15, -0.1) is 0 Å². The molecule has 25 heavy (non-hydrogen) atoms. The Kier molecular flexibility index (Phi) is 5.06. The number of carbonyl (C=O) groups is 1. The van der Waals surface area contributed by atoms with Crippen LogP contribution >= 0.6 is 0 Å². The van der Waals surface area contributed by atoms with Crippen molar-refractivity contribution in [1.29, 1.82) is 0 Å². The number of rotatable bonds is 4. The second-order valence-electron chi connectivity index (χ2n) is 7.70. The van der Waals surface area contributed by atoms with Gasteiger partial charge in [0.1, 0.15) is 0 Å². The molecular formula is C20H29N3O2. The van der Waals surface area contributed by atoms with Crippen LogP contribution in [0.2, 0.25) is 0 Å². The largest absolute Gasteiger partial charge is 0.381 e. The van der Waals surface area contributed by atoms with E-state index in [9.17, 15) is 4.79 Å². The molecule has 0 unspecified atom stereocenters. The van der Waals surface area contributed by atoms with Crippen molar-refractivity contribution in [3.05, 3.63) is 29.8 Å². The van der Waals surface area contributed by atoms with Crippen LogP contribution in [0.5, 0.6) is 0 Å². The third-order valence-corrected chi connectivity index (χ3v) is 5.91. The van der Waals surface area contributed by atoms with Crippen LogP contribution in [0.15, 0.2) is 24.3 Å². The van der Waals surface area contributed by atoms with Gasteiger partial charge in [0, 0.05) is 51.6 Å². The average molecular weight is 343 g/mol.